The third kappa shape index (κ3) is 1.25. The maximum Gasteiger partial charge on any atom is 0.161 e. The van der Waals surface area contributed by atoms with Crippen LogP contribution in [0.2, 0.25) is 0 Å². The first kappa shape index (κ1) is 7.44. The van der Waals surface area contributed by atoms with Gasteiger partial charge < -0.3 is 10.2 Å². The van der Waals surface area contributed by atoms with Crippen molar-refractivity contribution in [3.05, 3.63) is 11.6 Å². The zero-order valence-corrected chi connectivity index (χ0v) is 5.74. The van der Waals surface area contributed by atoms with Crippen LogP contribution in [0.3, 0.4) is 0 Å². The summed E-state index contributed by atoms with van der Waals surface area (Å²) >= 11 is 0. The van der Waals surface area contributed by atoms with E-state index in [0.29, 0.717) is 5.57 Å². The molecule has 0 spiro atoms. The summed E-state index contributed by atoms with van der Waals surface area (Å²) in [6, 6.07) is 0. The van der Waals surface area contributed by atoms with E-state index in [1.165, 1.54) is 6.08 Å². The number of carbonyl (C=O) groups is 1. The van der Waals surface area contributed by atoms with Gasteiger partial charge in [-0.2, -0.15) is 0 Å². The van der Waals surface area contributed by atoms with Gasteiger partial charge in [-0.1, -0.05) is 0 Å². The van der Waals surface area contributed by atoms with Crippen molar-refractivity contribution in [2.75, 3.05) is 0 Å². The van der Waals surface area contributed by atoms with Crippen LogP contribution in [0.5, 0.6) is 0 Å². The van der Waals surface area contributed by atoms with Crippen LogP contribution >= 0.6 is 0 Å². The number of hydrogen-bond donors (Lipinski definition) is 2. The van der Waals surface area contributed by atoms with Crippen molar-refractivity contribution in [2.45, 2.75) is 25.6 Å². The van der Waals surface area contributed by atoms with Crippen LogP contribution < -0.4 is 0 Å². The summed E-state index contributed by atoms with van der Waals surface area (Å²) in [6.07, 6.45) is -0.339. The average molecular weight is 142 g/mol. The molecule has 1 aliphatic carbocycles. The molecule has 0 aliphatic heterocycles. The normalized spacial score (nSPS) is 33.9. The predicted molar refractivity (Wildman–Crippen MR) is 35.4 cm³/mol. The van der Waals surface area contributed by atoms with Crippen molar-refractivity contribution in [1.82, 2.24) is 0 Å². The molecule has 2 N–H and O–H groups in total. The number of hydrogen-bond acceptors (Lipinski definition) is 3. The standard InChI is InChI=1S/C7H10O3/c1-4-2-6(9)7(10)3-5(4)8/h2,6-7,9-10H,3H2,1H3/t6-,7-/m1/s1. The van der Waals surface area contributed by atoms with Crippen LogP contribution in [0.15, 0.2) is 11.6 Å². The van der Waals surface area contributed by atoms with Crippen LogP contribution in [0.25, 0.3) is 0 Å². The van der Waals surface area contributed by atoms with Gasteiger partial charge in [-0.05, 0) is 18.6 Å². The van der Waals surface area contributed by atoms with Crippen LogP contribution in [-0.4, -0.2) is 28.2 Å². The molecule has 0 saturated carbocycles. The second-order valence-electron chi connectivity index (χ2n) is 2.53. The van der Waals surface area contributed by atoms with Crippen LogP contribution in [0, 0.1) is 0 Å². The first-order valence-corrected chi connectivity index (χ1v) is 3.19. The van der Waals surface area contributed by atoms with Crippen molar-refractivity contribution in [1.29, 1.82) is 0 Å². The molecule has 0 aromatic rings. The summed E-state index contributed by atoms with van der Waals surface area (Å²) in [5, 5.41) is 17.9. The number of aliphatic hydroxyl groups is 2. The summed E-state index contributed by atoms with van der Waals surface area (Å²) in [7, 11) is 0. The molecule has 0 amide bonds. The lowest BCUT2D eigenvalue weighted by molar-refractivity contribution is -0.119. The first-order valence-electron chi connectivity index (χ1n) is 3.19. The number of allylic oxidation sites excluding steroid dienone is 1. The molecule has 0 fully saturated rings. The highest BCUT2D eigenvalue weighted by atomic mass is 16.3. The summed E-state index contributed by atoms with van der Waals surface area (Å²) in [5.41, 5.74) is 0.540. The van der Waals surface area contributed by atoms with Crippen molar-refractivity contribution >= 4 is 5.78 Å². The van der Waals surface area contributed by atoms with Gasteiger partial charge in [0.25, 0.3) is 0 Å². The molecular formula is C7H10O3. The van der Waals surface area contributed by atoms with E-state index in [9.17, 15) is 4.79 Å². The zero-order chi connectivity index (χ0) is 7.72. The fourth-order valence-corrected chi connectivity index (χ4v) is 0.932. The lowest BCUT2D eigenvalue weighted by Gasteiger charge is -2.19. The molecule has 2 atom stereocenters. The fourth-order valence-electron chi connectivity index (χ4n) is 0.932. The van der Waals surface area contributed by atoms with E-state index in [2.05, 4.69) is 0 Å². The molecule has 3 heteroatoms. The monoisotopic (exact) mass is 142 g/mol. The zero-order valence-electron chi connectivity index (χ0n) is 5.74. The summed E-state index contributed by atoms with van der Waals surface area (Å²) in [5.74, 6) is -0.0854. The van der Waals surface area contributed by atoms with Crippen molar-refractivity contribution < 1.29 is 15.0 Å². The Balaban J connectivity index is 2.79. The number of Topliss-reactive ketones (excluding diaryl/α,β-unsaturated/α-hetero) is 1. The molecule has 0 unspecified atom stereocenters. The van der Waals surface area contributed by atoms with Crippen LogP contribution in [-0.2, 0) is 4.79 Å². The minimum absolute atomic E-state index is 0.0451. The van der Waals surface area contributed by atoms with Gasteiger partial charge in [-0.3, -0.25) is 4.79 Å². The molecule has 0 aromatic heterocycles. The van der Waals surface area contributed by atoms with Gasteiger partial charge in [0.2, 0.25) is 0 Å². The van der Waals surface area contributed by atoms with E-state index >= 15 is 0 Å². The highest BCUT2D eigenvalue weighted by Gasteiger charge is 2.24. The number of aliphatic hydroxyl groups excluding tert-OH is 2. The van der Waals surface area contributed by atoms with Gasteiger partial charge in [-0.25, -0.2) is 0 Å². The van der Waals surface area contributed by atoms with Crippen molar-refractivity contribution in [3.63, 3.8) is 0 Å². The fraction of sp³-hybridized carbons (Fsp3) is 0.571. The van der Waals surface area contributed by atoms with Crippen LogP contribution in [0.4, 0.5) is 0 Å². The molecule has 0 radical (unpaired) electrons. The highest BCUT2D eigenvalue weighted by Crippen LogP contribution is 2.14. The SMILES string of the molecule is CC1=C[C@@H](O)[C@H](O)CC1=O. The molecule has 56 valence electrons. The number of rotatable bonds is 0. The van der Waals surface area contributed by atoms with E-state index in [1.54, 1.807) is 6.92 Å². The van der Waals surface area contributed by atoms with Gasteiger partial charge in [0.15, 0.2) is 5.78 Å². The molecule has 1 rings (SSSR count). The summed E-state index contributed by atoms with van der Waals surface area (Å²) < 4.78 is 0. The van der Waals surface area contributed by atoms with Crippen molar-refractivity contribution in [3.8, 4) is 0 Å². The smallest absolute Gasteiger partial charge is 0.161 e. The molecule has 0 bridgehead atoms. The summed E-state index contributed by atoms with van der Waals surface area (Å²) in [6.45, 7) is 1.64. The van der Waals surface area contributed by atoms with Crippen LogP contribution in [0.1, 0.15) is 13.3 Å². The Labute approximate surface area is 59.0 Å². The van der Waals surface area contributed by atoms with Gasteiger partial charge in [0.05, 0.1) is 12.2 Å². The molecule has 0 heterocycles. The van der Waals surface area contributed by atoms with Gasteiger partial charge in [0.1, 0.15) is 0 Å². The lowest BCUT2D eigenvalue weighted by Crippen LogP contribution is -2.31. The molecule has 0 saturated heterocycles. The maximum absolute atomic E-state index is 10.8. The predicted octanol–water partition coefficient (Wildman–Crippen LogP) is -0.373. The first-order chi connectivity index (χ1) is 4.61. The lowest BCUT2D eigenvalue weighted by atomic mass is 9.95. The highest BCUT2D eigenvalue weighted by molar-refractivity contribution is 5.96. The van der Waals surface area contributed by atoms with Gasteiger partial charge >= 0.3 is 0 Å². The minimum Gasteiger partial charge on any atom is -0.390 e. The Morgan fingerprint density at radius 2 is 2.20 bits per heavy atom. The Hall–Kier alpha value is -0.670. The maximum atomic E-state index is 10.8. The molecule has 10 heavy (non-hydrogen) atoms. The third-order valence-corrected chi connectivity index (χ3v) is 1.65. The summed E-state index contributed by atoms with van der Waals surface area (Å²) in [4.78, 5) is 10.8. The third-order valence-electron chi connectivity index (χ3n) is 1.65. The second-order valence-corrected chi connectivity index (χ2v) is 2.53. The number of carbonyl (C=O) groups excluding carboxylic acids is 1. The van der Waals surface area contributed by atoms with E-state index in [0.717, 1.165) is 0 Å². The van der Waals surface area contributed by atoms with E-state index in [-0.39, 0.29) is 12.2 Å². The van der Waals surface area contributed by atoms with E-state index in [1.807, 2.05) is 0 Å². The topological polar surface area (TPSA) is 57.5 Å². The van der Waals surface area contributed by atoms with Gasteiger partial charge in [0, 0.05) is 6.42 Å². The van der Waals surface area contributed by atoms with Crippen molar-refractivity contribution in [2.24, 2.45) is 0 Å². The molecule has 1 aliphatic rings. The van der Waals surface area contributed by atoms with E-state index in [4.69, 9.17) is 10.2 Å². The minimum atomic E-state index is -0.906. The Kier molecular flexibility index (Phi) is 1.87. The molecule has 3 nitrogen and oxygen atoms in total. The number of ketones is 1. The Morgan fingerprint density at radius 1 is 1.60 bits per heavy atom. The average Bonchev–Trinajstić information content (AvgIpc) is 1.84. The quantitative estimate of drug-likeness (QED) is 0.485. The largest absolute Gasteiger partial charge is 0.390 e. The second kappa shape index (κ2) is 2.52. The van der Waals surface area contributed by atoms with Gasteiger partial charge in [-0.15, -0.1) is 0 Å². The molecular weight excluding hydrogens is 132 g/mol. The van der Waals surface area contributed by atoms with E-state index < -0.39 is 12.2 Å². The Bertz CT molecular complexity index is 183. The Morgan fingerprint density at radius 3 is 2.70 bits per heavy atom. The molecule has 0 aromatic carbocycles.